The van der Waals surface area contributed by atoms with Crippen molar-refractivity contribution in [1.29, 1.82) is 0 Å². The van der Waals surface area contributed by atoms with Crippen molar-refractivity contribution in [2.45, 2.75) is 19.4 Å². The van der Waals surface area contributed by atoms with E-state index in [-0.39, 0.29) is 12.0 Å². The van der Waals surface area contributed by atoms with Gasteiger partial charge >= 0.3 is 0 Å². The molecular formula is C12H18N4O2. The van der Waals surface area contributed by atoms with Crippen molar-refractivity contribution >= 4 is 11.7 Å². The second kappa shape index (κ2) is 5.77. The second-order valence-electron chi connectivity index (χ2n) is 4.37. The first kappa shape index (κ1) is 12.8. The maximum absolute atomic E-state index is 11.8. The van der Waals surface area contributed by atoms with Crippen molar-refractivity contribution in [3.05, 3.63) is 18.1 Å². The number of nitrogens with zero attached hydrogens (tertiary/aromatic N) is 2. The van der Waals surface area contributed by atoms with Crippen LogP contribution in [0.4, 0.5) is 5.82 Å². The van der Waals surface area contributed by atoms with Gasteiger partial charge in [0.25, 0.3) is 5.91 Å². The summed E-state index contributed by atoms with van der Waals surface area (Å²) in [7, 11) is 1.76. The lowest BCUT2D eigenvalue weighted by molar-refractivity contribution is 0.0903. The van der Waals surface area contributed by atoms with E-state index in [0.717, 1.165) is 13.0 Å². The molecule has 1 aromatic rings. The van der Waals surface area contributed by atoms with Gasteiger partial charge in [0.2, 0.25) is 0 Å². The molecule has 0 spiro atoms. The van der Waals surface area contributed by atoms with Gasteiger partial charge in [0.05, 0.1) is 18.5 Å². The number of hydrogen-bond acceptors (Lipinski definition) is 5. The Bertz CT molecular complexity index is 407. The Morgan fingerprint density at radius 1 is 1.50 bits per heavy atom. The standard InChI is InChI=1S/C12H18N4O2/c1-8-9(3-4-18-8)5-16-12(17)10-6-15-11(13-2)7-14-10/h6-9H,3-5H2,1-2H3,(H,13,15)(H,16,17). The van der Waals surface area contributed by atoms with Gasteiger partial charge in [0.15, 0.2) is 0 Å². The molecular weight excluding hydrogens is 232 g/mol. The van der Waals surface area contributed by atoms with E-state index >= 15 is 0 Å². The maximum atomic E-state index is 11.8. The number of carbonyl (C=O) groups excluding carboxylic acids is 1. The largest absolute Gasteiger partial charge is 0.378 e. The van der Waals surface area contributed by atoms with Crippen LogP contribution in [0, 0.1) is 5.92 Å². The lowest BCUT2D eigenvalue weighted by Crippen LogP contribution is -2.32. The molecule has 0 bridgehead atoms. The molecule has 0 aromatic carbocycles. The van der Waals surface area contributed by atoms with Crippen LogP contribution in [0.25, 0.3) is 0 Å². The number of aromatic nitrogens is 2. The molecule has 2 atom stereocenters. The van der Waals surface area contributed by atoms with E-state index in [1.165, 1.54) is 12.4 Å². The minimum atomic E-state index is -0.191. The Labute approximate surface area is 106 Å². The highest BCUT2D eigenvalue weighted by atomic mass is 16.5. The average molecular weight is 250 g/mol. The number of nitrogens with one attached hydrogen (secondary N) is 2. The summed E-state index contributed by atoms with van der Waals surface area (Å²) in [5.41, 5.74) is 0.334. The van der Waals surface area contributed by atoms with Gasteiger partial charge in [-0.3, -0.25) is 4.79 Å². The van der Waals surface area contributed by atoms with Crippen molar-refractivity contribution < 1.29 is 9.53 Å². The topological polar surface area (TPSA) is 76.1 Å². The molecule has 0 aliphatic carbocycles. The molecule has 0 saturated carbocycles. The van der Waals surface area contributed by atoms with Crippen LogP contribution in [-0.4, -0.2) is 42.2 Å². The summed E-state index contributed by atoms with van der Waals surface area (Å²) in [5.74, 6) is 0.840. The van der Waals surface area contributed by atoms with Crippen LogP contribution in [0.1, 0.15) is 23.8 Å². The SMILES string of the molecule is CNc1cnc(C(=O)NCC2CCOC2C)cn1. The van der Waals surface area contributed by atoms with Gasteiger partial charge in [0.1, 0.15) is 11.5 Å². The highest BCUT2D eigenvalue weighted by molar-refractivity contribution is 5.91. The van der Waals surface area contributed by atoms with E-state index in [2.05, 4.69) is 20.6 Å². The summed E-state index contributed by atoms with van der Waals surface area (Å²) >= 11 is 0. The Morgan fingerprint density at radius 3 is 2.89 bits per heavy atom. The van der Waals surface area contributed by atoms with Crippen LogP contribution >= 0.6 is 0 Å². The molecule has 98 valence electrons. The number of anilines is 1. The van der Waals surface area contributed by atoms with Gasteiger partial charge < -0.3 is 15.4 Å². The van der Waals surface area contributed by atoms with Crippen LogP contribution in [0.15, 0.2) is 12.4 Å². The van der Waals surface area contributed by atoms with Gasteiger partial charge in [-0.25, -0.2) is 9.97 Å². The summed E-state index contributed by atoms with van der Waals surface area (Å²) in [5, 5.41) is 5.72. The van der Waals surface area contributed by atoms with Crippen molar-refractivity contribution in [3.63, 3.8) is 0 Å². The lowest BCUT2D eigenvalue weighted by Gasteiger charge is -2.14. The fraction of sp³-hybridized carbons (Fsp3) is 0.583. The molecule has 1 aliphatic heterocycles. The Morgan fingerprint density at radius 2 is 2.33 bits per heavy atom. The van der Waals surface area contributed by atoms with Crippen LogP contribution < -0.4 is 10.6 Å². The van der Waals surface area contributed by atoms with Crippen LogP contribution in [-0.2, 0) is 4.74 Å². The predicted molar refractivity (Wildman–Crippen MR) is 67.4 cm³/mol. The molecule has 6 heteroatoms. The minimum absolute atomic E-state index is 0.191. The molecule has 2 N–H and O–H groups in total. The van der Waals surface area contributed by atoms with Crippen LogP contribution in [0.3, 0.4) is 0 Å². The lowest BCUT2D eigenvalue weighted by atomic mass is 10.0. The molecule has 2 unspecified atom stereocenters. The molecule has 6 nitrogen and oxygen atoms in total. The van der Waals surface area contributed by atoms with Gasteiger partial charge in [-0.2, -0.15) is 0 Å². The Kier molecular flexibility index (Phi) is 4.09. The minimum Gasteiger partial charge on any atom is -0.378 e. The molecule has 1 aliphatic rings. The van der Waals surface area contributed by atoms with E-state index < -0.39 is 0 Å². The maximum Gasteiger partial charge on any atom is 0.271 e. The van der Waals surface area contributed by atoms with Crippen molar-refractivity contribution in [3.8, 4) is 0 Å². The zero-order chi connectivity index (χ0) is 13.0. The number of hydrogen-bond donors (Lipinski definition) is 2. The zero-order valence-corrected chi connectivity index (χ0v) is 10.6. The summed E-state index contributed by atoms with van der Waals surface area (Å²) in [4.78, 5) is 19.9. The first-order chi connectivity index (χ1) is 8.70. The number of rotatable bonds is 4. The molecule has 2 heterocycles. The highest BCUT2D eigenvalue weighted by Gasteiger charge is 2.24. The third kappa shape index (κ3) is 2.95. The quantitative estimate of drug-likeness (QED) is 0.821. The number of amides is 1. The normalized spacial score (nSPS) is 22.8. The summed E-state index contributed by atoms with van der Waals surface area (Å²) < 4.78 is 5.45. The monoisotopic (exact) mass is 250 g/mol. The molecule has 1 saturated heterocycles. The fourth-order valence-corrected chi connectivity index (χ4v) is 1.93. The molecule has 0 radical (unpaired) electrons. The molecule has 1 fully saturated rings. The van der Waals surface area contributed by atoms with Gasteiger partial charge in [0, 0.05) is 26.1 Å². The van der Waals surface area contributed by atoms with Crippen molar-refractivity contribution in [2.75, 3.05) is 25.5 Å². The Hall–Kier alpha value is -1.69. The van der Waals surface area contributed by atoms with Crippen molar-refractivity contribution in [1.82, 2.24) is 15.3 Å². The summed E-state index contributed by atoms with van der Waals surface area (Å²) in [6, 6.07) is 0. The summed E-state index contributed by atoms with van der Waals surface area (Å²) in [6.45, 7) is 3.43. The van der Waals surface area contributed by atoms with E-state index in [4.69, 9.17) is 4.74 Å². The average Bonchev–Trinajstić information content (AvgIpc) is 2.81. The van der Waals surface area contributed by atoms with E-state index in [1.54, 1.807) is 7.05 Å². The first-order valence-electron chi connectivity index (χ1n) is 6.10. The van der Waals surface area contributed by atoms with Crippen LogP contribution in [0.2, 0.25) is 0 Å². The number of ether oxygens (including phenoxy) is 1. The predicted octanol–water partition coefficient (Wildman–Crippen LogP) is 0.673. The second-order valence-corrected chi connectivity index (χ2v) is 4.37. The van der Waals surface area contributed by atoms with E-state index in [9.17, 15) is 4.79 Å². The molecule has 1 aromatic heterocycles. The third-order valence-electron chi connectivity index (χ3n) is 3.20. The molecule has 18 heavy (non-hydrogen) atoms. The van der Waals surface area contributed by atoms with Crippen molar-refractivity contribution in [2.24, 2.45) is 5.92 Å². The van der Waals surface area contributed by atoms with Gasteiger partial charge in [-0.15, -0.1) is 0 Å². The van der Waals surface area contributed by atoms with Gasteiger partial charge in [-0.1, -0.05) is 0 Å². The molecule has 1 amide bonds. The van der Waals surface area contributed by atoms with E-state index in [0.29, 0.717) is 24.0 Å². The number of carbonyl (C=O) groups is 1. The van der Waals surface area contributed by atoms with Crippen LogP contribution in [0.5, 0.6) is 0 Å². The van der Waals surface area contributed by atoms with E-state index in [1.807, 2.05) is 6.92 Å². The Balaban J connectivity index is 1.87. The smallest absolute Gasteiger partial charge is 0.271 e. The fourth-order valence-electron chi connectivity index (χ4n) is 1.93. The first-order valence-corrected chi connectivity index (χ1v) is 6.10. The third-order valence-corrected chi connectivity index (χ3v) is 3.20. The molecule has 2 rings (SSSR count). The zero-order valence-electron chi connectivity index (χ0n) is 10.6. The summed E-state index contributed by atoms with van der Waals surface area (Å²) in [6.07, 6.45) is 4.21. The highest BCUT2D eigenvalue weighted by Crippen LogP contribution is 2.19. The van der Waals surface area contributed by atoms with Gasteiger partial charge in [-0.05, 0) is 13.3 Å².